The van der Waals surface area contributed by atoms with Crippen LogP contribution in [0.1, 0.15) is 0 Å². The molecule has 48 heavy (non-hydrogen) atoms. The van der Waals surface area contributed by atoms with E-state index in [9.17, 15) is 0 Å². The number of hydrogen-bond donors (Lipinski definition) is 0. The summed E-state index contributed by atoms with van der Waals surface area (Å²) in [7, 11) is 0. The summed E-state index contributed by atoms with van der Waals surface area (Å²) in [6.07, 6.45) is 0. The summed E-state index contributed by atoms with van der Waals surface area (Å²) in [6, 6.07) is 66.1. The van der Waals surface area contributed by atoms with E-state index in [1.165, 1.54) is 65.2 Å². The average molecular weight is 611 g/mol. The van der Waals surface area contributed by atoms with E-state index in [0.717, 1.165) is 22.7 Å². The van der Waals surface area contributed by atoms with Crippen LogP contribution in [-0.4, -0.2) is 0 Å². The van der Waals surface area contributed by atoms with Gasteiger partial charge in [-0.3, -0.25) is 0 Å². The maximum absolute atomic E-state index is 2.45. The Morgan fingerprint density at radius 2 is 0.542 bits per heavy atom. The van der Waals surface area contributed by atoms with Crippen molar-refractivity contribution in [1.29, 1.82) is 0 Å². The van der Waals surface area contributed by atoms with Crippen LogP contribution in [0.5, 0.6) is 0 Å². The van der Waals surface area contributed by atoms with Gasteiger partial charge in [-0.2, -0.15) is 0 Å². The molecule has 0 aliphatic carbocycles. The zero-order valence-electron chi connectivity index (χ0n) is 26.2. The second-order valence-electron chi connectivity index (χ2n) is 12.5. The van der Waals surface area contributed by atoms with Gasteiger partial charge >= 0.3 is 0 Å². The molecule has 224 valence electrons. The zero-order chi connectivity index (χ0) is 31.6. The molecule has 0 aliphatic heterocycles. The Morgan fingerprint density at radius 3 is 0.875 bits per heavy atom. The van der Waals surface area contributed by atoms with E-state index >= 15 is 0 Å². The molecule has 0 N–H and O–H groups in total. The predicted molar refractivity (Wildman–Crippen MR) is 206 cm³/mol. The molecule has 0 radical (unpaired) electrons. The van der Waals surface area contributed by atoms with Crippen LogP contribution in [0.4, 0.5) is 34.1 Å². The third-order valence-corrected chi connectivity index (χ3v) is 9.87. The number of nitrogens with zero attached hydrogens (tertiary/aromatic N) is 2. The van der Waals surface area contributed by atoms with Crippen LogP contribution in [0.2, 0.25) is 0 Å². The normalized spacial score (nSPS) is 11.8. The lowest BCUT2D eigenvalue weighted by Gasteiger charge is -2.32. The Morgan fingerprint density at radius 1 is 0.229 bits per heavy atom. The smallest absolute Gasteiger partial charge is 0.0619 e. The number of benzene rings is 10. The highest BCUT2D eigenvalue weighted by Crippen LogP contribution is 2.55. The summed E-state index contributed by atoms with van der Waals surface area (Å²) in [5.74, 6) is 0. The molecule has 0 atom stereocenters. The molecule has 2 heteroatoms. The quantitative estimate of drug-likeness (QED) is 0.136. The summed E-state index contributed by atoms with van der Waals surface area (Å²) in [4.78, 5) is 4.90. The molecule has 0 saturated heterocycles. The highest BCUT2D eigenvalue weighted by atomic mass is 15.2. The van der Waals surface area contributed by atoms with Crippen molar-refractivity contribution < 1.29 is 0 Å². The van der Waals surface area contributed by atoms with E-state index < -0.39 is 0 Å². The molecule has 0 aromatic heterocycles. The van der Waals surface area contributed by atoms with Crippen molar-refractivity contribution >= 4 is 88.0 Å². The molecule has 0 spiro atoms. The Labute approximate surface area is 279 Å². The van der Waals surface area contributed by atoms with Crippen LogP contribution in [-0.2, 0) is 0 Å². The van der Waals surface area contributed by atoms with E-state index in [-0.39, 0.29) is 0 Å². The van der Waals surface area contributed by atoms with Gasteiger partial charge in [0.15, 0.2) is 0 Å². The molecule has 10 aromatic carbocycles. The second kappa shape index (κ2) is 10.6. The summed E-state index contributed by atoms with van der Waals surface area (Å²) < 4.78 is 0. The molecule has 0 saturated carbocycles. The van der Waals surface area contributed by atoms with Crippen molar-refractivity contribution in [2.45, 2.75) is 0 Å². The molecular formula is C46H30N2. The van der Waals surface area contributed by atoms with Gasteiger partial charge in [0.05, 0.1) is 11.4 Å². The first-order valence-corrected chi connectivity index (χ1v) is 16.5. The molecule has 10 rings (SSSR count). The van der Waals surface area contributed by atoms with Crippen LogP contribution in [0.25, 0.3) is 53.9 Å². The lowest BCUT2D eigenvalue weighted by atomic mass is 9.84. The number of rotatable bonds is 6. The minimum Gasteiger partial charge on any atom is -0.309 e. The Hall–Kier alpha value is -6.38. The molecule has 0 fully saturated rings. The Kier molecular flexibility index (Phi) is 5.91. The van der Waals surface area contributed by atoms with Gasteiger partial charge in [0.2, 0.25) is 0 Å². The molecule has 2 nitrogen and oxygen atoms in total. The van der Waals surface area contributed by atoms with Crippen LogP contribution < -0.4 is 9.80 Å². The van der Waals surface area contributed by atoms with Crippen molar-refractivity contribution in [1.82, 2.24) is 0 Å². The first kappa shape index (κ1) is 26.8. The van der Waals surface area contributed by atoms with Gasteiger partial charge < -0.3 is 9.80 Å². The number of anilines is 6. The van der Waals surface area contributed by atoms with Gasteiger partial charge in [-0.25, -0.2) is 0 Å². The largest absolute Gasteiger partial charge is 0.309 e. The van der Waals surface area contributed by atoms with E-state index in [0.29, 0.717) is 0 Å². The minimum atomic E-state index is 1.14. The fraction of sp³-hybridized carbons (Fsp3) is 0. The monoisotopic (exact) mass is 610 g/mol. The molecule has 0 aliphatic rings. The maximum Gasteiger partial charge on any atom is 0.0619 e. The summed E-state index contributed by atoms with van der Waals surface area (Å²) in [6.45, 7) is 0. The third-order valence-electron chi connectivity index (χ3n) is 9.87. The second-order valence-corrected chi connectivity index (χ2v) is 12.5. The zero-order valence-corrected chi connectivity index (χ0v) is 26.2. The SMILES string of the molecule is c1ccc(N(c2ccccc2)c2c3cccc4ccc5c(N(c6ccccc6)c6ccccc6)c6cccc7ccc2c(c76)c5c43)cc1. The van der Waals surface area contributed by atoms with Crippen molar-refractivity contribution in [3.8, 4) is 0 Å². The first-order valence-electron chi connectivity index (χ1n) is 16.5. The van der Waals surface area contributed by atoms with E-state index in [1.807, 2.05) is 0 Å². The van der Waals surface area contributed by atoms with E-state index in [4.69, 9.17) is 0 Å². The lowest BCUT2D eigenvalue weighted by Crippen LogP contribution is -2.13. The highest BCUT2D eigenvalue weighted by molar-refractivity contribution is 6.43. The van der Waals surface area contributed by atoms with E-state index in [1.54, 1.807) is 0 Å². The van der Waals surface area contributed by atoms with Crippen LogP contribution >= 0.6 is 0 Å². The van der Waals surface area contributed by atoms with Crippen LogP contribution in [0, 0.1) is 0 Å². The van der Waals surface area contributed by atoms with Crippen molar-refractivity contribution in [2.24, 2.45) is 0 Å². The first-order chi connectivity index (χ1) is 23.9. The van der Waals surface area contributed by atoms with Crippen molar-refractivity contribution in [3.63, 3.8) is 0 Å². The van der Waals surface area contributed by atoms with Gasteiger partial charge in [0.25, 0.3) is 0 Å². The average Bonchev–Trinajstić information content (AvgIpc) is 3.16. The fourth-order valence-electron chi connectivity index (χ4n) is 7.96. The molecular weight excluding hydrogens is 581 g/mol. The van der Waals surface area contributed by atoms with Gasteiger partial charge in [-0.05, 0) is 70.1 Å². The van der Waals surface area contributed by atoms with Crippen LogP contribution in [0.15, 0.2) is 182 Å². The number of hydrogen-bond acceptors (Lipinski definition) is 2. The van der Waals surface area contributed by atoms with E-state index in [2.05, 4.69) is 192 Å². The van der Waals surface area contributed by atoms with Gasteiger partial charge in [0, 0.05) is 55.1 Å². The highest BCUT2D eigenvalue weighted by Gasteiger charge is 2.28. The molecule has 0 heterocycles. The summed E-state index contributed by atoms with van der Waals surface area (Å²) >= 11 is 0. The summed E-state index contributed by atoms with van der Waals surface area (Å²) in [5, 5.41) is 12.7. The minimum absolute atomic E-state index is 1.14. The van der Waals surface area contributed by atoms with Gasteiger partial charge in [-0.1, -0.05) is 133 Å². The van der Waals surface area contributed by atoms with Crippen molar-refractivity contribution in [2.75, 3.05) is 9.80 Å². The molecule has 0 amide bonds. The molecule has 0 bridgehead atoms. The fourth-order valence-corrected chi connectivity index (χ4v) is 7.96. The maximum atomic E-state index is 2.45. The topological polar surface area (TPSA) is 6.48 Å². The standard InChI is InChI=1S/C46H30N2/c1-5-17-33(18-6-1)47(34-19-7-2-8-20-34)45-37-25-13-15-31-28-30-40-44(41(31)37)43-39(45)29-27-32-16-14-26-38(42(32)43)46(40)48(35-21-9-3-10-22-35)36-23-11-4-12-24-36/h1-30H. The van der Waals surface area contributed by atoms with Crippen LogP contribution in [0.3, 0.4) is 0 Å². The predicted octanol–water partition coefficient (Wildman–Crippen LogP) is 13.3. The Balaban J connectivity index is 1.43. The van der Waals surface area contributed by atoms with Crippen molar-refractivity contribution in [3.05, 3.63) is 182 Å². The van der Waals surface area contributed by atoms with Gasteiger partial charge in [-0.15, -0.1) is 0 Å². The molecule has 0 unspecified atom stereocenters. The Bertz CT molecular complexity index is 2430. The molecule has 10 aromatic rings. The summed E-state index contributed by atoms with van der Waals surface area (Å²) in [5.41, 5.74) is 6.97. The lowest BCUT2D eigenvalue weighted by molar-refractivity contribution is 1.31. The third kappa shape index (κ3) is 3.87. The number of para-hydroxylation sites is 4. The van der Waals surface area contributed by atoms with Gasteiger partial charge in [0.1, 0.15) is 0 Å².